The van der Waals surface area contributed by atoms with Gasteiger partial charge >= 0.3 is 0 Å². The number of carbonyl (C=O) groups is 1. The normalized spacial score (nSPS) is 12.5. The fourth-order valence-corrected chi connectivity index (χ4v) is 3.83. The van der Waals surface area contributed by atoms with Crippen LogP contribution < -0.4 is 9.62 Å². The molecule has 0 aliphatic rings. The molecular formula is C18H21FN2O3S. The van der Waals surface area contributed by atoms with Crippen LogP contribution in [0.2, 0.25) is 0 Å². The van der Waals surface area contributed by atoms with Crippen LogP contribution in [0.3, 0.4) is 0 Å². The van der Waals surface area contributed by atoms with Gasteiger partial charge in [0.05, 0.1) is 11.9 Å². The number of rotatable bonds is 5. The van der Waals surface area contributed by atoms with Gasteiger partial charge in [0.15, 0.2) is 0 Å². The molecule has 0 aliphatic carbocycles. The van der Waals surface area contributed by atoms with Crippen LogP contribution in [-0.2, 0) is 14.8 Å². The maximum Gasteiger partial charge on any atom is 0.247 e. The molecule has 0 radical (unpaired) electrons. The Morgan fingerprint density at radius 2 is 1.60 bits per heavy atom. The van der Waals surface area contributed by atoms with Gasteiger partial charge < -0.3 is 5.32 Å². The summed E-state index contributed by atoms with van der Waals surface area (Å²) in [4.78, 5) is 12.5. The molecule has 1 atom stereocenters. The molecule has 0 fully saturated rings. The average molecular weight is 364 g/mol. The van der Waals surface area contributed by atoms with Crippen molar-refractivity contribution >= 4 is 27.3 Å². The molecule has 2 rings (SSSR count). The first-order valence-corrected chi connectivity index (χ1v) is 9.57. The minimum Gasteiger partial charge on any atom is -0.324 e. The Hall–Kier alpha value is -2.41. The van der Waals surface area contributed by atoms with Gasteiger partial charge in [-0.3, -0.25) is 9.10 Å². The van der Waals surface area contributed by atoms with Crippen molar-refractivity contribution in [2.45, 2.75) is 26.8 Å². The molecule has 0 spiro atoms. The SMILES string of the molecule is Cc1cc(C)cc(N([C@H](C)C(=O)Nc2ccc(F)cc2)S(C)(=O)=O)c1. The molecule has 25 heavy (non-hydrogen) atoms. The predicted molar refractivity (Wildman–Crippen MR) is 97.7 cm³/mol. The van der Waals surface area contributed by atoms with Crippen LogP contribution in [-0.4, -0.2) is 26.6 Å². The zero-order valence-corrected chi connectivity index (χ0v) is 15.4. The maximum absolute atomic E-state index is 13.0. The first-order valence-electron chi connectivity index (χ1n) is 7.72. The number of hydrogen-bond acceptors (Lipinski definition) is 3. The third-order valence-electron chi connectivity index (χ3n) is 3.66. The summed E-state index contributed by atoms with van der Waals surface area (Å²) >= 11 is 0. The molecule has 134 valence electrons. The van der Waals surface area contributed by atoms with Crippen LogP contribution in [0.15, 0.2) is 42.5 Å². The number of nitrogens with zero attached hydrogens (tertiary/aromatic N) is 1. The second-order valence-corrected chi connectivity index (χ2v) is 7.94. The largest absolute Gasteiger partial charge is 0.324 e. The summed E-state index contributed by atoms with van der Waals surface area (Å²) < 4.78 is 38.6. The van der Waals surface area contributed by atoms with Crippen molar-refractivity contribution in [2.24, 2.45) is 0 Å². The highest BCUT2D eigenvalue weighted by Gasteiger charge is 2.29. The van der Waals surface area contributed by atoms with E-state index < -0.39 is 27.8 Å². The second kappa shape index (κ2) is 7.23. The summed E-state index contributed by atoms with van der Waals surface area (Å²) in [7, 11) is -3.68. The highest BCUT2D eigenvalue weighted by Crippen LogP contribution is 2.24. The Kier molecular flexibility index (Phi) is 5.47. The molecule has 5 nitrogen and oxygen atoms in total. The van der Waals surface area contributed by atoms with Gasteiger partial charge in [-0.05, 0) is 68.3 Å². The highest BCUT2D eigenvalue weighted by atomic mass is 32.2. The minimum atomic E-state index is -3.68. The van der Waals surface area contributed by atoms with E-state index in [1.807, 2.05) is 19.9 Å². The summed E-state index contributed by atoms with van der Waals surface area (Å²) in [5, 5.41) is 2.61. The number of hydrogen-bond donors (Lipinski definition) is 1. The lowest BCUT2D eigenvalue weighted by Gasteiger charge is -2.28. The summed E-state index contributed by atoms with van der Waals surface area (Å²) in [6, 6.07) is 9.67. The third kappa shape index (κ3) is 4.79. The molecule has 0 aromatic heterocycles. The van der Waals surface area contributed by atoms with E-state index in [0.29, 0.717) is 11.4 Å². The van der Waals surface area contributed by atoms with Gasteiger partial charge in [-0.15, -0.1) is 0 Å². The lowest BCUT2D eigenvalue weighted by Crippen LogP contribution is -2.45. The molecular weight excluding hydrogens is 343 g/mol. The smallest absolute Gasteiger partial charge is 0.247 e. The van der Waals surface area contributed by atoms with E-state index in [1.54, 1.807) is 12.1 Å². The quantitative estimate of drug-likeness (QED) is 0.886. The second-order valence-electron chi connectivity index (χ2n) is 6.08. The fraction of sp³-hybridized carbons (Fsp3) is 0.278. The first-order chi connectivity index (χ1) is 11.6. The van der Waals surface area contributed by atoms with Crippen LogP contribution in [0.4, 0.5) is 15.8 Å². The zero-order valence-electron chi connectivity index (χ0n) is 14.6. The number of carbonyl (C=O) groups excluding carboxylic acids is 1. The van der Waals surface area contributed by atoms with Crippen molar-refractivity contribution in [1.82, 2.24) is 0 Å². The molecule has 7 heteroatoms. The zero-order chi connectivity index (χ0) is 18.8. The van der Waals surface area contributed by atoms with Gasteiger partial charge in [0, 0.05) is 5.69 Å². The average Bonchev–Trinajstić information content (AvgIpc) is 2.47. The molecule has 0 unspecified atom stereocenters. The number of anilines is 2. The van der Waals surface area contributed by atoms with Crippen LogP contribution in [0.25, 0.3) is 0 Å². The number of benzene rings is 2. The molecule has 1 amide bonds. The van der Waals surface area contributed by atoms with E-state index >= 15 is 0 Å². The topological polar surface area (TPSA) is 66.5 Å². The molecule has 2 aromatic rings. The van der Waals surface area contributed by atoms with Crippen LogP contribution in [0.1, 0.15) is 18.1 Å². The summed E-state index contributed by atoms with van der Waals surface area (Å²) in [6.45, 7) is 5.23. The Labute approximate surface area is 147 Å². The fourth-order valence-electron chi connectivity index (χ4n) is 2.67. The number of halogens is 1. The Morgan fingerprint density at radius 3 is 2.08 bits per heavy atom. The van der Waals surface area contributed by atoms with E-state index in [2.05, 4.69) is 5.32 Å². The number of aryl methyl sites for hydroxylation is 2. The predicted octanol–water partition coefficient (Wildman–Crippen LogP) is 3.24. The molecule has 0 saturated carbocycles. The number of amides is 1. The molecule has 0 heterocycles. The standard InChI is InChI=1S/C18H21FN2O3S/c1-12-9-13(2)11-17(10-12)21(25(4,23)24)14(3)18(22)20-16-7-5-15(19)6-8-16/h5-11,14H,1-4H3,(H,20,22)/t14-/m1/s1. The minimum absolute atomic E-state index is 0.395. The monoisotopic (exact) mass is 364 g/mol. The Balaban J connectivity index is 2.34. The Morgan fingerprint density at radius 1 is 1.08 bits per heavy atom. The number of nitrogens with one attached hydrogen (secondary N) is 1. The van der Waals surface area contributed by atoms with Gasteiger partial charge in [0.1, 0.15) is 11.9 Å². The van der Waals surface area contributed by atoms with Gasteiger partial charge in [0.25, 0.3) is 0 Å². The molecule has 2 aromatic carbocycles. The van der Waals surface area contributed by atoms with Gasteiger partial charge in [-0.1, -0.05) is 6.07 Å². The molecule has 0 bridgehead atoms. The lowest BCUT2D eigenvalue weighted by atomic mass is 10.1. The Bertz CT molecular complexity index is 859. The van der Waals surface area contributed by atoms with Gasteiger partial charge in [-0.2, -0.15) is 0 Å². The van der Waals surface area contributed by atoms with E-state index in [4.69, 9.17) is 0 Å². The van der Waals surface area contributed by atoms with Crippen molar-refractivity contribution < 1.29 is 17.6 Å². The maximum atomic E-state index is 13.0. The van der Waals surface area contributed by atoms with Crippen molar-refractivity contribution in [2.75, 3.05) is 15.9 Å². The van der Waals surface area contributed by atoms with Crippen LogP contribution in [0.5, 0.6) is 0 Å². The number of sulfonamides is 1. The van der Waals surface area contributed by atoms with Crippen LogP contribution >= 0.6 is 0 Å². The first kappa shape index (κ1) is 18.9. The van der Waals surface area contributed by atoms with Gasteiger partial charge in [-0.25, -0.2) is 12.8 Å². The van der Waals surface area contributed by atoms with Crippen molar-refractivity contribution in [3.63, 3.8) is 0 Å². The summed E-state index contributed by atoms with van der Waals surface area (Å²) in [6.07, 6.45) is 1.06. The highest BCUT2D eigenvalue weighted by molar-refractivity contribution is 7.92. The van der Waals surface area contributed by atoms with Crippen molar-refractivity contribution in [3.8, 4) is 0 Å². The third-order valence-corrected chi connectivity index (χ3v) is 4.90. The molecule has 0 saturated heterocycles. The van der Waals surface area contributed by atoms with Crippen molar-refractivity contribution in [3.05, 3.63) is 59.4 Å². The van der Waals surface area contributed by atoms with E-state index in [0.717, 1.165) is 21.7 Å². The van der Waals surface area contributed by atoms with Crippen LogP contribution in [0, 0.1) is 19.7 Å². The molecule has 0 aliphatic heterocycles. The van der Waals surface area contributed by atoms with Gasteiger partial charge in [0.2, 0.25) is 15.9 Å². The van der Waals surface area contributed by atoms with E-state index in [1.165, 1.54) is 31.2 Å². The summed E-state index contributed by atoms with van der Waals surface area (Å²) in [5.41, 5.74) is 2.62. The van der Waals surface area contributed by atoms with E-state index in [-0.39, 0.29) is 0 Å². The lowest BCUT2D eigenvalue weighted by molar-refractivity contribution is -0.116. The summed E-state index contributed by atoms with van der Waals surface area (Å²) in [5.74, 6) is -0.921. The molecule has 1 N–H and O–H groups in total. The van der Waals surface area contributed by atoms with E-state index in [9.17, 15) is 17.6 Å². The van der Waals surface area contributed by atoms with Crippen molar-refractivity contribution in [1.29, 1.82) is 0 Å².